The number of hydrogen-bond donors (Lipinski definition) is 1. The van der Waals surface area contributed by atoms with E-state index in [-0.39, 0.29) is 28.6 Å². The lowest BCUT2D eigenvalue weighted by Crippen LogP contribution is -2.42. The quantitative estimate of drug-likeness (QED) is 0.482. The van der Waals surface area contributed by atoms with Gasteiger partial charge in [-0.25, -0.2) is 8.42 Å². The average molecular weight is 532 g/mol. The third-order valence-corrected chi connectivity index (χ3v) is 10.8. The molecule has 0 aromatic heterocycles. The van der Waals surface area contributed by atoms with Crippen LogP contribution in [0.25, 0.3) is 0 Å². The Labute approximate surface area is 220 Å². The van der Waals surface area contributed by atoms with Crippen molar-refractivity contribution in [3.8, 4) is 0 Å². The predicted octanol–water partition coefficient (Wildman–Crippen LogP) is 5.57. The molecule has 0 spiro atoms. The van der Waals surface area contributed by atoms with E-state index in [0.29, 0.717) is 24.3 Å². The lowest BCUT2D eigenvalue weighted by Gasteiger charge is -2.39. The standard InChI is InChI=1S/C29H38ClNO4S/c1-21(2)36(34,35)20-23-3-7-24(8-4-23)28(32)19-22-5-13-27(14-6-22)31-17-15-29(33,16-18-31)25-9-11-26(30)12-10-25/h5-6,9-14,21,23-24,33H,3-4,7-8,15-20H2,1-2H3. The Hall–Kier alpha value is -1.89. The Balaban J connectivity index is 1.26. The fourth-order valence-corrected chi connectivity index (χ4v) is 7.03. The molecular weight excluding hydrogens is 494 g/mol. The number of nitrogens with zero attached hydrogens (tertiary/aromatic N) is 1. The Morgan fingerprint density at radius 3 is 2.14 bits per heavy atom. The molecule has 36 heavy (non-hydrogen) atoms. The van der Waals surface area contributed by atoms with Crippen LogP contribution in [-0.2, 0) is 26.7 Å². The van der Waals surface area contributed by atoms with Crippen LogP contribution in [0.2, 0.25) is 5.02 Å². The van der Waals surface area contributed by atoms with Gasteiger partial charge in [-0.3, -0.25) is 4.79 Å². The number of benzene rings is 2. The van der Waals surface area contributed by atoms with Crippen molar-refractivity contribution in [3.63, 3.8) is 0 Å². The van der Waals surface area contributed by atoms with Gasteiger partial charge >= 0.3 is 0 Å². The van der Waals surface area contributed by atoms with Crippen molar-refractivity contribution in [1.29, 1.82) is 0 Å². The smallest absolute Gasteiger partial charge is 0.152 e. The highest BCUT2D eigenvalue weighted by molar-refractivity contribution is 7.91. The van der Waals surface area contributed by atoms with E-state index in [1.54, 1.807) is 13.8 Å². The van der Waals surface area contributed by atoms with Crippen molar-refractivity contribution >= 4 is 32.9 Å². The van der Waals surface area contributed by atoms with Gasteiger partial charge < -0.3 is 10.0 Å². The molecule has 1 saturated heterocycles. The summed E-state index contributed by atoms with van der Waals surface area (Å²) >= 11 is 5.99. The molecule has 0 amide bonds. The normalized spacial score (nSPS) is 22.5. The Morgan fingerprint density at radius 1 is 1.00 bits per heavy atom. The fourth-order valence-electron chi connectivity index (χ4n) is 5.53. The summed E-state index contributed by atoms with van der Waals surface area (Å²) in [5.41, 5.74) is 2.21. The van der Waals surface area contributed by atoms with Crippen LogP contribution < -0.4 is 4.90 Å². The first kappa shape index (κ1) is 27.2. The van der Waals surface area contributed by atoms with Gasteiger partial charge in [0.25, 0.3) is 0 Å². The summed E-state index contributed by atoms with van der Waals surface area (Å²) in [5, 5.41) is 11.5. The summed E-state index contributed by atoms with van der Waals surface area (Å²) in [4.78, 5) is 15.2. The zero-order chi connectivity index (χ0) is 25.9. The summed E-state index contributed by atoms with van der Waals surface area (Å²) in [7, 11) is -3.03. The molecule has 2 aromatic rings. The molecular formula is C29H38ClNO4S. The predicted molar refractivity (Wildman–Crippen MR) is 146 cm³/mol. The Bertz CT molecular complexity index is 1130. The van der Waals surface area contributed by atoms with Gasteiger partial charge in [0.15, 0.2) is 9.84 Å². The summed E-state index contributed by atoms with van der Waals surface area (Å²) in [6, 6.07) is 15.7. The van der Waals surface area contributed by atoms with E-state index >= 15 is 0 Å². The van der Waals surface area contributed by atoms with Gasteiger partial charge in [0.2, 0.25) is 0 Å². The number of ketones is 1. The van der Waals surface area contributed by atoms with Crippen molar-refractivity contribution in [2.45, 2.75) is 69.6 Å². The van der Waals surface area contributed by atoms with Gasteiger partial charge in [-0.2, -0.15) is 0 Å². The summed E-state index contributed by atoms with van der Waals surface area (Å²) in [5.74, 6) is 0.734. The second-order valence-electron chi connectivity index (χ2n) is 10.9. The number of halogens is 1. The van der Waals surface area contributed by atoms with Gasteiger partial charge in [0.1, 0.15) is 5.78 Å². The van der Waals surface area contributed by atoms with Crippen LogP contribution in [0.3, 0.4) is 0 Å². The molecule has 1 aliphatic heterocycles. The van der Waals surface area contributed by atoms with Crippen molar-refractivity contribution in [1.82, 2.24) is 0 Å². The van der Waals surface area contributed by atoms with Crippen LogP contribution in [0, 0.1) is 11.8 Å². The number of carbonyl (C=O) groups is 1. The number of Topliss-reactive ketones (excluding diaryl/α,β-unsaturated/α-hetero) is 1. The minimum atomic E-state index is -3.03. The van der Waals surface area contributed by atoms with E-state index in [4.69, 9.17) is 11.6 Å². The zero-order valence-electron chi connectivity index (χ0n) is 21.3. The maximum absolute atomic E-state index is 12.9. The molecule has 196 valence electrons. The second kappa shape index (κ2) is 11.2. The minimum absolute atomic E-state index is 0.0373. The molecule has 4 rings (SSSR count). The average Bonchev–Trinajstić information content (AvgIpc) is 2.85. The number of sulfone groups is 1. The number of carbonyl (C=O) groups excluding carboxylic acids is 1. The number of aliphatic hydroxyl groups is 1. The van der Waals surface area contributed by atoms with Crippen LogP contribution in [-0.4, -0.2) is 43.4 Å². The Kier molecular flexibility index (Phi) is 8.48. The molecule has 5 nitrogen and oxygen atoms in total. The number of hydrogen-bond acceptors (Lipinski definition) is 5. The topological polar surface area (TPSA) is 74.7 Å². The number of piperidine rings is 1. The van der Waals surface area contributed by atoms with Crippen molar-refractivity contribution in [2.75, 3.05) is 23.7 Å². The summed E-state index contributed by atoms with van der Waals surface area (Å²) < 4.78 is 24.4. The van der Waals surface area contributed by atoms with Gasteiger partial charge in [-0.1, -0.05) is 35.9 Å². The van der Waals surface area contributed by atoms with Crippen LogP contribution in [0.1, 0.15) is 63.5 Å². The van der Waals surface area contributed by atoms with Gasteiger partial charge in [-0.15, -0.1) is 0 Å². The van der Waals surface area contributed by atoms with Crippen LogP contribution in [0.15, 0.2) is 48.5 Å². The van der Waals surface area contributed by atoms with Gasteiger partial charge in [-0.05, 0) is 93.7 Å². The molecule has 0 radical (unpaired) electrons. The maximum atomic E-state index is 12.9. The van der Waals surface area contributed by atoms with Crippen LogP contribution in [0.4, 0.5) is 5.69 Å². The third-order valence-electron chi connectivity index (χ3n) is 8.14. The molecule has 2 aromatic carbocycles. The molecule has 1 N–H and O–H groups in total. The number of anilines is 1. The van der Waals surface area contributed by atoms with Crippen molar-refractivity contribution in [2.24, 2.45) is 11.8 Å². The van der Waals surface area contributed by atoms with E-state index in [2.05, 4.69) is 17.0 Å². The lowest BCUT2D eigenvalue weighted by atomic mass is 9.79. The van der Waals surface area contributed by atoms with E-state index in [0.717, 1.165) is 55.6 Å². The third kappa shape index (κ3) is 6.51. The fraction of sp³-hybridized carbons (Fsp3) is 0.552. The lowest BCUT2D eigenvalue weighted by molar-refractivity contribution is -0.123. The van der Waals surface area contributed by atoms with Crippen LogP contribution in [0.5, 0.6) is 0 Å². The highest BCUT2D eigenvalue weighted by Gasteiger charge is 2.34. The maximum Gasteiger partial charge on any atom is 0.152 e. The molecule has 1 aliphatic carbocycles. The van der Waals surface area contributed by atoms with E-state index in [9.17, 15) is 18.3 Å². The van der Waals surface area contributed by atoms with Crippen molar-refractivity contribution < 1.29 is 18.3 Å². The first-order valence-corrected chi connectivity index (χ1v) is 15.2. The Morgan fingerprint density at radius 2 is 1.58 bits per heavy atom. The van der Waals surface area contributed by atoms with Crippen LogP contribution >= 0.6 is 11.6 Å². The first-order valence-electron chi connectivity index (χ1n) is 13.1. The monoisotopic (exact) mass is 531 g/mol. The van der Waals surface area contributed by atoms with Gasteiger partial charge in [0.05, 0.1) is 16.6 Å². The van der Waals surface area contributed by atoms with E-state index in [1.165, 1.54) is 0 Å². The summed E-state index contributed by atoms with van der Waals surface area (Å²) in [6.45, 7) is 4.99. The molecule has 7 heteroatoms. The first-order chi connectivity index (χ1) is 17.1. The molecule has 1 saturated carbocycles. The van der Waals surface area contributed by atoms with Gasteiger partial charge in [0, 0.05) is 36.1 Å². The second-order valence-corrected chi connectivity index (χ2v) is 14.0. The molecule has 2 fully saturated rings. The minimum Gasteiger partial charge on any atom is -0.385 e. The molecule has 2 aliphatic rings. The molecule has 0 atom stereocenters. The molecule has 0 unspecified atom stereocenters. The summed E-state index contributed by atoms with van der Waals surface area (Å²) in [6.07, 6.45) is 4.94. The highest BCUT2D eigenvalue weighted by atomic mass is 35.5. The van der Waals surface area contributed by atoms with E-state index < -0.39 is 15.4 Å². The zero-order valence-corrected chi connectivity index (χ0v) is 22.9. The molecule has 0 bridgehead atoms. The van der Waals surface area contributed by atoms with E-state index in [1.807, 2.05) is 36.4 Å². The van der Waals surface area contributed by atoms with Crippen molar-refractivity contribution in [3.05, 3.63) is 64.7 Å². The molecule has 1 heterocycles. The largest absolute Gasteiger partial charge is 0.385 e. The highest BCUT2D eigenvalue weighted by Crippen LogP contribution is 2.35. The number of rotatable bonds is 8. The SMILES string of the molecule is CC(C)S(=O)(=O)CC1CCC(C(=O)Cc2ccc(N3CCC(O)(c4ccc(Cl)cc4)CC3)cc2)CC1.